The monoisotopic (exact) mass is 554 g/mol. The van der Waals surface area contributed by atoms with Crippen molar-refractivity contribution in [2.24, 2.45) is 0 Å². The summed E-state index contributed by atoms with van der Waals surface area (Å²) in [5, 5.41) is 0. The molecule has 220 valence electrons. The number of benzene rings is 2. The molecule has 0 aromatic heterocycles. The van der Waals surface area contributed by atoms with E-state index in [0.29, 0.717) is 0 Å². The molecule has 0 aliphatic carbocycles. The van der Waals surface area contributed by atoms with Crippen LogP contribution in [0.1, 0.15) is 153 Å². The van der Waals surface area contributed by atoms with Crippen LogP contribution >= 0.6 is 9.03 Å². The van der Waals surface area contributed by atoms with Gasteiger partial charge >= 0.3 is 0 Å². The third kappa shape index (κ3) is 13.6. The highest BCUT2D eigenvalue weighted by Crippen LogP contribution is 2.35. The van der Waals surface area contributed by atoms with Gasteiger partial charge in [0, 0.05) is 0 Å². The van der Waals surface area contributed by atoms with E-state index in [0.717, 1.165) is 37.2 Å². The molecule has 0 aliphatic rings. The standard InChI is InChI=1S/C36H59O2P/c1-5-9-13-17-23-31-25-21-29-35(33(31)27-19-15-11-7-3)37-39-38-36-30-22-26-32(24-18-14-10-6-2)34(36)28-20-16-12-8-4/h21-22,25-26,29-30,39H,5-20,23-24,27-28H2,1-4H3. The maximum atomic E-state index is 6.42. The van der Waals surface area contributed by atoms with Crippen LogP contribution in [0, 0.1) is 0 Å². The number of aryl methyl sites for hydroxylation is 2. The van der Waals surface area contributed by atoms with E-state index in [1.165, 1.54) is 125 Å². The summed E-state index contributed by atoms with van der Waals surface area (Å²) in [5.74, 6) is 2.08. The van der Waals surface area contributed by atoms with Crippen LogP contribution < -0.4 is 9.05 Å². The molecular weight excluding hydrogens is 495 g/mol. The summed E-state index contributed by atoms with van der Waals surface area (Å²) in [5.41, 5.74) is 5.81. The zero-order valence-corrected chi connectivity index (χ0v) is 26.9. The fourth-order valence-electron chi connectivity index (χ4n) is 5.50. The summed E-state index contributed by atoms with van der Waals surface area (Å²) in [6.07, 6.45) is 25.2. The van der Waals surface area contributed by atoms with Gasteiger partial charge in [-0.05, 0) is 85.8 Å². The van der Waals surface area contributed by atoms with Gasteiger partial charge in [0.15, 0.2) is 0 Å². The third-order valence-corrected chi connectivity index (χ3v) is 8.53. The second-order valence-corrected chi connectivity index (χ2v) is 11.9. The highest BCUT2D eigenvalue weighted by Gasteiger charge is 2.13. The Hall–Kier alpha value is -1.53. The molecule has 2 aromatic carbocycles. The number of hydrogen-bond acceptors (Lipinski definition) is 2. The molecule has 3 heteroatoms. The van der Waals surface area contributed by atoms with E-state index in [-0.39, 0.29) is 9.03 Å². The van der Waals surface area contributed by atoms with Crippen molar-refractivity contribution in [2.75, 3.05) is 0 Å². The molecular formula is C36H59O2P. The van der Waals surface area contributed by atoms with E-state index < -0.39 is 0 Å². The van der Waals surface area contributed by atoms with E-state index in [4.69, 9.17) is 9.05 Å². The molecule has 0 spiro atoms. The van der Waals surface area contributed by atoms with Gasteiger partial charge in [0.1, 0.15) is 11.5 Å². The van der Waals surface area contributed by atoms with E-state index in [1.54, 1.807) is 0 Å². The smallest absolute Gasteiger partial charge is 0.275 e. The molecule has 2 rings (SSSR count). The minimum absolute atomic E-state index is 0.0118. The minimum Gasteiger partial charge on any atom is -0.440 e. The molecule has 2 nitrogen and oxygen atoms in total. The summed E-state index contributed by atoms with van der Waals surface area (Å²) < 4.78 is 12.8. The number of rotatable bonds is 24. The van der Waals surface area contributed by atoms with Crippen molar-refractivity contribution in [3.63, 3.8) is 0 Å². The zero-order chi connectivity index (χ0) is 28.0. The van der Waals surface area contributed by atoms with Gasteiger partial charge in [0.25, 0.3) is 9.03 Å². The molecule has 0 bridgehead atoms. The lowest BCUT2D eigenvalue weighted by molar-refractivity contribution is 0.503. The van der Waals surface area contributed by atoms with E-state index in [1.807, 2.05) is 0 Å². The van der Waals surface area contributed by atoms with Crippen molar-refractivity contribution in [2.45, 2.75) is 156 Å². The molecule has 0 atom stereocenters. The molecule has 0 heterocycles. The summed E-state index contributed by atoms with van der Waals surface area (Å²) in [6.45, 7) is 9.14. The molecule has 0 radical (unpaired) electrons. The van der Waals surface area contributed by atoms with Crippen LogP contribution in [-0.4, -0.2) is 0 Å². The van der Waals surface area contributed by atoms with Crippen LogP contribution in [0.3, 0.4) is 0 Å². The van der Waals surface area contributed by atoms with Crippen LogP contribution in [0.5, 0.6) is 11.5 Å². The van der Waals surface area contributed by atoms with Gasteiger partial charge < -0.3 is 9.05 Å². The lowest BCUT2D eigenvalue weighted by atomic mass is 9.96. The Bertz CT molecular complexity index is 807. The topological polar surface area (TPSA) is 18.5 Å². The van der Waals surface area contributed by atoms with Crippen molar-refractivity contribution >= 4 is 9.03 Å². The Morgan fingerprint density at radius 2 is 0.795 bits per heavy atom. The third-order valence-electron chi connectivity index (χ3n) is 7.92. The average Bonchev–Trinajstić information content (AvgIpc) is 2.95. The number of hydrogen-bond donors (Lipinski definition) is 0. The predicted molar refractivity (Wildman–Crippen MR) is 174 cm³/mol. The molecule has 0 saturated heterocycles. The molecule has 0 fully saturated rings. The summed E-state index contributed by atoms with van der Waals surface area (Å²) >= 11 is 0. The highest BCUT2D eigenvalue weighted by molar-refractivity contribution is 7.27. The first-order valence-corrected chi connectivity index (χ1v) is 17.4. The molecule has 39 heavy (non-hydrogen) atoms. The Balaban J connectivity index is 2.11. The van der Waals surface area contributed by atoms with Crippen LogP contribution in [0.4, 0.5) is 0 Å². The first kappa shape index (κ1) is 33.7. The van der Waals surface area contributed by atoms with E-state index in [9.17, 15) is 0 Å². The van der Waals surface area contributed by atoms with Gasteiger partial charge in [-0.3, -0.25) is 0 Å². The van der Waals surface area contributed by atoms with Crippen molar-refractivity contribution in [1.29, 1.82) is 0 Å². The second-order valence-electron chi connectivity index (χ2n) is 11.3. The molecule has 0 saturated carbocycles. The highest BCUT2D eigenvalue weighted by atomic mass is 31.1. The van der Waals surface area contributed by atoms with Gasteiger partial charge in [0.05, 0.1) is 0 Å². The van der Waals surface area contributed by atoms with E-state index >= 15 is 0 Å². The van der Waals surface area contributed by atoms with Crippen LogP contribution in [0.25, 0.3) is 0 Å². The van der Waals surface area contributed by atoms with Crippen LogP contribution in [0.2, 0.25) is 0 Å². The van der Waals surface area contributed by atoms with Crippen molar-refractivity contribution in [1.82, 2.24) is 0 Å². The van der Waals surface area contributed by atoms with Gasteiger partial charge in [-0.2, -0.15) is 0 Å². The van der Waals surface area contributed by atoms with Gasteiger partial charge in [-0.25, -0.2) is 0 Å². The summed E-state index contributed by atoms with van der Waals surface area (Å²) in [4.78, 5) is 0. The maximum absolute atomic E-state index is 6.42. The van der Waals surface area contributed by atoms with Crippen molar-refractivity contribution < 1.29 is 9.05 Å². The predicted octanol–water partition coefficient (Wildman–Crippen LogP) is 12.1. The van der Waals surface area contributed by atoms with Gasteiger partial charge in [-0.15, -0.1) is 0 Å². The minimum atomic E-state index is -0.0118. The normalized spacial score (nSPS) is 11.2. The van der Waals surface area contributed by atoms with E-state index in [2.05, 4.69) is 64.1 Å². The largest absolute Gasteiger partial charge is 0.440 e. The molecule has 0 aliphatic heterocycles. The van der Waals surface area contributed by atoms with Gasteiger partial charge in [-0.1, -0.05) is 129 Å². The Morgan fingerprint density at radius 1 is 0.436 bits per heavy atom. The fourth-order valence-corrected chi connectivity index (χ4v) is 6.11. The number of unbranched alkanes of at least 4 members (excludes halogenated alkanes) is 12. The lowest BCUT2D eigenvalue weighted by Gasteiger charge is -2.18. The fraction of sp³-hybridized carbons (Fsp3) is 0.667. The van der Waals surface area contributed by atoms with Crippen molar-refractivity contribution in [3.8, 4) is 11.5 Å². The lowest BCUT2D eigenvalue weighted by Crippen LogP contribution is -2.01. The molecule has 2 aromatic rings. The molecule has 0 amide bonds. The summed E-state index contributed by atoms with van der Waals surface area (Å²) in [6, 6.07) is 13.3. The van der Waals surface area contributed by atoms with Crippen LogP contribution in [-0.2, 0) is 25.7 Å². The van der Waals surface area contributed by atoms with Crippen LogP contribution in [0.15, 0.2) is 36.4 Å². The summed E-state index contributed by atoms with van der Waals surface area (Å²) in [7, 11) is -0.0118. The maximum Gasteiger partial charge on any atom is 0.275 e. The Morgan fingerprint density at radius 3 is 1.15 bits per heavy atom. The average molecular weight is 555 g/mol. The molecule has 0 N–H and O–H groups in total. The second kappa shape index (κ2) is 22.2. The van der Waals surface area contributed by atoms with Gasteiger partial charge in [0.2, 0.25) is 0 Å². The zero-order valence-electron chi connectivity index (χ0n) is 25.9. The SMILES string of the molecule is CCCCCCc1cccc(OPOc2cccc(CCCCCC)c2CCCCCC)c1CCCCCC. The quantitative estimate of drug-likeness (QED) is 0.0949. The Labute approximate surface area is 244 Å². The Kier molecular flexibility index (Phi) is 19.2. The molecule has 0 unspecified atom stereocenters. The first-order valence-electron chi connectivity index (χ1n) is 16.5. The van der Waals surface area contributed by atoms with Crippen molar-refractivity contribution in [3.05, 3.63) is 58.7 Å². The first-order chi connectivity index (χ1) is 19.2.